The van der Waals surface area contributed by atoms with Crippen molar-refractivity contribution in [2.45, 2.75) is 6.42 Å². The standard InChI is InChI=1S/C22H22FN5O4S/c1-30-17-10-15(11-18(31-2)19(17)32-3)25-21(29)24-8-7-16-12-33-22-26-20(27-28(16)22)13-5-4-6-14(23)9-13/h4-6,9-12H,7-8H2,1-3H3,(H2,24,25,29). The van der Waals surface area contributed by atoms with Gasteiger partial charge in [-0.2, -0.15) is 4.98 Å². The van der Waals surface area contributed by atoms with E-state index in [4.69, 9.17) is 14.2 Å². The van der Waals surface area contributed by atoms with E-state index < -0.39 is 0 Å². The lowest BCUT2D eigenvalue weighted by Crippen LogP contribution is -2.30. The van der Waals surface area contributed by atoms with E-state index in [1.165, 1.54) is 44.8 Å². The summed E-state index contributed by atoms with van der Waals surface area (Å²) < 4.78 is 31.1. The summed E-state index contributed by atoms with van der Waals surface area (Å²) in [6.45, 7) is 0.372. The lowest BCUT2D eigenvalue weighted by molar-refractivity contribution is 0.252. The van der Waals surface area contributed by atoms with Crippen LogP contribution in [0.25, 0.3) is 16.3 Å². The van der Waals surface area contributed by atoms with Gasteiger partial charge in [-0.1, -0.05) is 12.1 Å². The van der Waals surface area contributed by atoms with Crippen molar-refractivity contribution in [2.75, 3.05) is 33.2 Å². The number of ether oxygens (including phenoxy) is 3. The maximum absolute atomic E-state index is 13.5. The molecule has 11 heteroatoms. The third-order valence-corrected chi connectivity index (χ3v) is 5.69. The molecule has 9 nitrogen and oxygen atoms in total. The molecule has 0 atom stereocenters. The summed E-state index contributed by atoms with van der Waals surface area (Å²) in [6, 6.07) is 9.07. The number of rotatable bonds is 8. The summed E-state index contributed by atoms with van der Waals surface area (Å²) in [5.41, 5.74) is 1.99. The van der Waals surface area contributed by atoms with Gasteiger partial charge in [0.05, 0.1) is 32.7 Å². The number of methoxy groups -OCH3 is 3. The van der Waals surface area contributed by atoms with Crippen LogP contribution in [0.1, 0.15) is 5.69 Å². The van der Waals surface area contributed by atoms with Crippen LogP contribution in [-0.2, 0) is 6.42 Å². The molecular formula is C22H22FN5O4S. The number of aromatic nitrogens is 3. The van der Waals surface area contributed by atoms with Gasteiger partial charge >= 0.3 is 6.03 Å². The second-order valence-electron chi connectivity index (χ2n) is 6.91. The van der Waals surface area contributed by atoms with Crippen molar-refractivity contribution in [2.24, 2.45) is 0 Å². The van der Waals surface area contributed by atoms with Crippen molar-refractivity contribution >= 4 is 28.0 Å². The fraction of sp³-hybridized carbons (Fsp3) is 0.227. The number of carbonyl (C=O) groups excluding carboxylic acids is 1. The molecule has 2 amide bonds. The zero-order chi connectivity index (χ0) is 23.4. The number of nitrogens with one attached hydrogen (secondary N) is 2. The molecule has 4 rings (SSSR count). The van der Waals surface area contributed by atoms with Crippen LogP contribution in [0.5, 0.6) is 17.2 Å². The monoisotopic (exact) mass is 471 g/mol. The fourth-order valence-electron chi connectivity index (χ4n) is 3.28. The molecule has 0 radical (unpaired) electrons. The maximum Gasteiger partial charge on any atom is 0.319 e. The van der Waals surface area contributed by atoms with Gasteiger partial charge in [-0.25, -0.2) is 13.7 Å². The van der Waals surface area contributed by atoms with Crippen LogP contribution in [0.4, 0.5) is 14.9 Å². The van der Waals surface area contributed by atoms with Gasteiger partial charge in [-0.15, -0.1) is 16.4 Å². The van der Waals surface area contributed by atoms with Crippen LogP contribution in [0.2, 0.25) is 0 Å². The Morgan fingerprint density at radius 3 is 2.55 bits per heavy atom. The predicted octanol–water partition coefficient (Wildman–Crippen LogP) is 3.99. The minimum absolute atomic E-state index is 0.340. The Hall–Kier alpha value is -3.86. The molecule has 0 bridgehead atoms. The van der Waals surface area contributed by atoms with Crippen LogP contribution in [0.15, 0.2) is 41.8 Å². The van der Waals surface area contributed by atoms with E-state index in [0.29, 0.717) is 52.3 Å². The molecule has 33 heavy (non-hydrogen) atoms. The van der Waals surface area contributed by atoms with E-state index in [-0.39, 0.29) is 11.8 Å². The zero-order valence-electron chi connectivity index (χ0n) is 18.2. The van der Waals surface area contributed by atoms with E-state index in [0.717, 1.165) is 5.69 Å². The predicted molar refractivity (Wildman–Crippen MR) is 123 cm³/mol. The molecule has 0 unspecified atom stereocenters. The maximum atomic E-state index is 13.5. The molecule has 0 saturated carbocycles. The quantitative estimate of drug-likeness (QED) is 0.403. The van der Waals surface area contributed by atoms with Crippen molar-refractivity contribution in [3.05, 3.63) is 53.3 Å². The molecule has 0 aliphatic rings. The molecule has 2 N–H and O–H groups in total. The van der Waals surface area contributed by atoms with Gasteiger partial charge in [0.15, 0.2) is 17.3 Å². The van der Waals surface area contributed by atoms with Crippen molar-refractivity contribution < 1.29 is 23.4 Å². The Balaban J connectivity index is 1.39. The first-order chi connectivity index (χ1) is 16.0. The number of benzene rings is 2. The van der Waals surface area contributed by atoms with Gasteiger partial charge in [-0.05, 0) is 12.1 Å². The van der Waals surface area contributed by atoms with Crippen molar-refractivity contribution in [1.29, 1.82) is 0 Å². The van der Waals surface area contributed by atoms with Crippen molar-refractivity contribution in [3.63, 3.8) is 0 Å². The smallest absolute Gasteiger partial charge is 0.319 e. The molecular weight excluding hydrogens is 449 g/mol. The average molecular weight is 472 g/mol. The van der Waals surface area contributed by atoms with E-state index in [9.17, 15) is 9.18 Å². The van der Waals surface area contributed by atoms with Crippen LogP contribution in [-0.4, -0.2) is 48.5 Å². The van der Waals surface area contributed by atoms with Crippen LogP contribution >= 0.6 is 11.3 Å². The van der Waals surface area contributed by atoms with E-state index in [1.807, 2.05) is 5.38 Å². The number of fused-ring (bicyclic) bond motifs is 1. The number of halogens is 1. The normalized spacial score (nSPS) is 10.8. The highest BCUT2D eigenvalue weighted by atomic mass is 32.1. The second-order valence-corrected chi connectivity index (χ2v) is 7.75. The number of anilines is 1. The van der Waals surface area contributed by atoms with Crippen molar-refractivity contribution in [1.82, 2.24) is 19.9 Å². The first-order valence-electron chi connectivity index (χ1n) is 9.96. The van der Waals surface area contributed by atoms with Gasteiger partial charge in [0.2, 0.25) is 10.7 Å². The van der Waals surface area contributed by atoms with Gasteiger partial charge in [0, 0.05) is 36.0 Å². The van der Waals surface area contributed by atoms with Gasteiger partial charge in [0.1, 0.15) is 5.82 Å². The van der Waals surface area contributed by atoms with E-state index in [2.05, 4.69) is 20.7 Å². The summed E-state index contributed by atoms with van der Waals surface area (Å²) >= 11 is 1.43. The summed E-state index contributed by atoms with van der Waals surface area (Å²) in [6.07, 6.45) is 0.536. The molecule has 0 aliphatic carbocycles. The minimum Gasteiger partial charge on any atom is -0.493 e. The largest absolute Gasteiger partial charge is 0.493 e. The Kier molecular flexibility index (Phi) is 6.59. The number of urea groups is 1. The lowest BCUT2D eigenvalue weighted by Gasteiger charge is -2.14. The Morgan fingerprint density at radius 1 is 1.12 bits per heavy atom. The number of hydrogen-bond donors (Lipinski definition) is 2. The number of carbonyl (C=O) groups is 1. The second kappa shape index (κ2) is 9.74. The Labute approximate surface area is 193 Å². The lowest BCUT2D eigenvalue weighted by atomic mass is 10.2. The summed E-state index contributed by atoms with van der Waals surface area (Å²) in [5, 5.41) is 12.0. The number of thiazole rings is 1. The van der Waals surface area contributed by atoms with Crippen LogP contribution in [0, 0.1) is 5.82 Å². The third kappa shape index (κ3) is 4.82. The molecule has 2 aromatic heterocycles. The highest BCUT2D eigenvalue weighted by Gasteiger charge is 2.15. The number of amides is 2. The van der Waals surface area contributed by atoms with Gasteiger partial charge in [0.25, 0.3) is 0 Å². The molecule has 0 spiro atoms. The average Bonchev–Trinajstić information content (AvgIpc) is 3.40. The molecule has 2 aromatic carbocycles. The first kappa shape index (κ1) is 22.3. The van der Waals surface area contributed by atoms with E-state index >= 15 is 0 Å². The van der Waals surface area contributed by atoms with Gasteiger partial charge in [-0.3, -0.25) is 0 Å². The third-order valence-electron chi connectivity index (χ3n) is 4.82. The molecule has 0 saturated heterocycles. The van der Waals surface area contributed by atoms with Crippen molar-refractivity contribution in [3.8, 4) is 28.6 Å². The summed E-state index contributed by atoms with van der Waals surface area (Å²) in [4.78, 5) is 17.5. The SMILES string of the molecule is COc1cc(NC(=O)NCCc2csc3nc(-c4cccc(F)c4)nn23)cc(OC)c1OC. The zero-order valence-corrected chi connectivity index (χ0v) is 19.0. The molecule has 4 aromatic rings. The highest BCUT2D eigenvalue weighted by molar-refractivity contribution is 7.15. The number of nitrogens with zero attached hydrogens (tertiary/aromatic N) is 3. The summed E-state index contributed by atoms with van der Waals surface area (Å²) in [5.74, 6) is 1.43. The first-order valence-corrected chi connectivity index (χ1v) is 10.8. The van der Waals surface area contributed by atoms with Crippen LogP contribution < -0.4 is 24.8 Å². The molecule has 2 heterocycles. The Bertz CT molecular complexity index is 1260. The minimum atomic E-state index is -0.380. The van der Waals surface area contributed by atoms with Crippen LogP contribution in [0.3, 0.4) is 0 Å². The highest BCUT2D eigenvalue weighted by Crippen LogP contribution is 2.39. The van der Waals surface area contributed by atoms with Gasteiger partial charge < -0.3 is 24.8 Å². The topological polar surface area (TPSA) is 99.0 Å². The molecule has 0 aliphatic heterocycles. The van der Waals surface area contributed by atoms with E-state index in [1.54, 1.807) is 28.8 Å². The Morgan fingerprint density at radius 2 is 1.88 bits per heavy atom. The number of hydrogen-bond acceptors (Lipinski definition) is 7. The summed E-state index contributed by atoms with van der Waals surface area (Å²) in [7, 11) is 4.52. The fourth-order valence-corrected chi connectivity index (χ4v) is 4.14. The molecule has 172 valence electrons. The molecule has 0 fully saturated rings.